The van der Waals surface area contributed by atoms with Gasteiger partial charge in [-0.25, -0.2) is 0 Å². The fraction of sp³-hybridized carbons (Fsp3) is 1.00. The molecular weight excluding hydrogens is 138 g/mol. The van der Waals surface area contributed by atoms with Crippen LogP contribution in [0, 0.1) is 11.3 Å². The van der Waals surface area contributed by atoms with Crippen LogP contribution in [0.2, 0.25) is 0 Å². The fourth-order valence-corrected chi connectivity index (χ4v) is 0.902. The molecule has 2 heteroatoms. The molecule has 11 heavy (non-hydrogen) atoms. The van der Waals surface area contributed by atoms with Gasteiger partial charge in [0.05, 0.1) is 6.10 Å². The molecule has 68 valence electrons. The van der Waals surface area contributed by atoms with Crippen molar-refractivity contribution in [1.29, 1.82) is 0 Å². The summed E-state index contributed by atoms with van der Waals surface area (Å²) in [6, 6.07) is 0. The molecule has 1 unspecified atom stereocenters. The number of nitrogens with two attached hydrogens (primary N) is 1. The van der Waals surface area contributed by atoms with Gasteiger partial charge in [-0.1, -0.05) is 27.7 Å². The Kier molecular flexibility index (Phi) is 4.04. The average molecular weight is 159 g/mol. The summed E-state index contributed by atoms with van der Waals surface area (Å²) in [7, 11) is 0. The highest BCUT2D eigenvalue weighted by Gasteiger charge is 2.26. The molecule has 2 nitrogen and oxygen atoms in total. The van der Waals surface area contributed by atoms with Crippen molar-refractivity contribution in [3.8, 4) is 0 Å². The maximum atomic E-state index is 9.67. The first kappa shape index (κ1) is 10.9. The predicted molar refractivity (Wildman–Crippen MR) is 48.3 cm³/mol. The molecule has 0 spiro atoms. The number of aliphatic hydroxyl groups is 1. The van der Waals surface area contributed by atoms with Crippen molar-refractivity contribution in [3.05, 3.63) is 0 Å². The first-order valence-electron chi connectivity index (χ1n) is 4.28. The molecule has 0 saturated carbocycles. The van der Waals surface area contributed by atoms with Crippen LogP contribution in [0.5, 0.6) is 0 Å². The molecule has 0 aliphatic carbocycles. The van der Waals surface area contributed by atoms with Crippen LogP contribution in [0.1, 0.15) is 34.1 Å². The van der Waals surface area contributed by atoms with Crippen LogP contribution < -0.4 is 5.73 Å². The minimum atomic E-state index is -0.271. The van der Waals surface area contributed by atoms with Gasteiger partial charge in [0.15, 0.2) is 0 Å². The third kappa shape index (κ3) is 3.73. The number of hydrogen-bond donors (Lipinski definition) is 2. The minimum absolute atomic E-state index is 0.135. The summed E-state index contributed by atoms with van der Waals surface area (Å²) >= 11 is 0. The van der Waals surface area contributed by atoms with Crippen LogP contribution in [-0.2, 0) is 0 Å². The lowest BCUT2D eigenvalue weighted by molar-refractivity contribution is 0.0389. The Hall–Kier alpha value is -0.0800. The zero-order valence-electron chi connectivity index (χ0n) is 8.09. The number of hydrogen-bond acceptors (Lipinski definition) is 2. The van der Waals surface area contributed by atoms with Crippen molar-refractivity contribution in [2.45, 2.75) is 40.2 Å². The van der Waals surface area contributed by atoms with E-state index in [9.17, 15) is 5.11 Å². The summed E-state index contributed by atoms with van der Waals surface area (Å²) in [4.78, 5) is 0. The van der Waals surface area contributed by atoms with Gasteiger partial charge in [0.2, 0.25) is 0 Å². The molecule has 0 rings (SSSR count). The zero-order valence-corrected chi connectivity index (χ0v) is 8.09. The molecule has 0 aromatic carbocycles. The van der Waals surface area contributed by atoms with Crippen molar-refractivity contribution < 1.29 is 5.11 Å². The van der Waals surface area contributed by atoms with E-state index in [1.54, 1.807) is 0 Å². The highest BCUT2D eigenvalue weighted by Crippen LogP contribution is 2.23. The number of rotatable bonds is 4. The van der Waals surface area contributed by atoms with Crippen molar-refractivity contribution >= 4 is 0 Å². The molecule has 0 aromatic heterocycles. The normalized spacial score (nSPS) is 15.5. The van der Waals surface area contributed by atoms with E-state index in [1.807, 2.05) is 13.8 Å². The molecule has 0 heterocycles. The van der Waals surface area contributed by atoms with E-state index in [1.165, 1.54) is 0 Å². The van der Waals surface area contributed by atoms with Crippen LogP contribution in [0.3, 0.4) is 0 Å². The Labute approximate surface area is 69.8 Å². The Bertz CT molecular complexity index is 110. The topological polar surface area (TPSA) is 46.2 Å². The lowest BCUT2D eigenvalue weighted by Gasteiger charge is -2.30. The molecule has 0 amide bonds. The lowest BCUT2D eigenvalue weighted by Crippen LogP contribution is -2.37. The van der Waals surface area contributed by atoms with Crippen molar-refractivity contribution in [2.75, 3.05) is 6.54 Å². The number of aliphatic hydroxyl groups excluding tert-OH is 1. The van der Waals surface area contributed by atoms with E-state index < -0.39 is 0 Å². The van der Waals surface area contributed by atoms with Crippen LogP contribution in [-0.4, -0.2) is 17.8 Å². The molecule has 0 aliphatic rings. The Morgan fingerprint density at radius 1 is 1.36 bits per heavy atom. The third-order valence-electron chi connectivity index (χ3n) is 2.12. The highest BCUT2D eigenvalue weighted by molar-refractivity contribution is 4.78. The predicted octanol–water partition coefficient (Wildman–Crippen LogP) is 1.38. The standard InChI is InChI=1S/C9H21NO/c1-7(2)5-8(11)9(3,4)6-10/h7-8,11H,5-6,10H2,1-4H3. The monoisotopic (exact) mass is 159 g/mol. The van der Waals surface area contributed by atoms with Crippen molar-refractivity contribution in [2.24, 2.45) is 17.1 Å². The minimum Gasteiger partial charge on any atom is -0.393 e. The lowest BCUT2D eigenvalue weighted by atomic mass is 9.82. The van der Waals surface area contributed by atoms with E-state index in [2.05, 4.69) is 13.8 Å². The SMILES string of the molecule is CC(C)CC(O)C(C)(C)CN. The molecule has 0 fully saturated rings. The van der Waals surface area contributed by atoms with E-state index in [0.29, 0.717) is 12.5 Å². The Morgan fingerprint density at radius 3 is 2.09 bits per heavy atom. The van der Waals surface area contributed by atoms with Crippen LogP contribution >= 0.6 is 0 Å². The fourth-order valence-electron chi connectivity index (χ4n) is 0.902. The van der Waals surface area contributed by atoms with Gasteiger partial charge in [0.25, 0.3) is 0 Å². The summed E-state index contributed by atoms with van der Waals surface area (Å²) in [5, 5.41) is 9.67. The quantitative estimate of drug-likeness (QED) is 0.651. The van der Waals surface area contributed by atoms with Gasteiger partial charge >= 0.3 is 0 Å². The second-order valence-electron chi connectivity index (χ2n) is 4.34. The Balaban J connectivity index is 3.90. The van der Waals surface area contributed by atoms with Gasteiger partial charge in [0.1, 0.15) is 0 Å². The summed E-state index contributed by atoms with van der Waals surface area (Å²) in [6.45, 7) is 8.76. The largest absolute Gasteiger partial charge is 0.393 e. The van der Waals surface area contributed by atoms with E-state index in [4.69, 9.17) is 5.73 Å². The van der Waals surface area contributed by atoms with Crippen LogP contribution in [0.25, 0.3) is 0 Å². The molecule has 0 aliphatic heterocycles. The Morgan fingerprint density at radius 2 is 1.82 bits per heavy atom. The van der Waals surface area contributed by atoms with Gasteiger partial charge in [-0.3, -0.25) is 0 Å². The van der Waals surface area contributed by atoms with Crippen molar-refractivity contribution in [3.63, 3.8) is 0 Å². The maximum absolute atomic E-state index is 9.67. The van der Waals surface area contributed by atoms with Gasteiger partial charge in [0, 0.05) is 5.41 Å². The first-order chi connectivity index (χ1) is 4.90. The van der Waals surface area contributed by atoms with Crippen molar-refractivity contribution in [1.82, 2.24) is 0 Å². The second-order valence-corrected chi connectivity index (χ2v) is 4.34. The molecule has 0 saturated heterocycles. The smallest absolute Gasteiger partial charge is 0.0605 e. The maximum Gasteiger partial charge on any atom is 0.0605 e. The van der Waals surface area contributed by atoms with Gasteiger partial charge in [-0.2, -0.15) is 0 Å². The molecule has 0 radical (unpaired) electrons. The van der Waals surface area contributed by atoms with E-state index in [0.717, 1.165) is 6.42 Å². The summed E-state index contributed by atoms with van der Waals surface area (Å²) in [6.07, 6.45) is 0.567. The first-order valence-corrected chi connectivity index (χ1v) is 4.28. The molecule has 3 N–H and O–H groups in total. The summed E-state index contributed by atoms with van der Waals surface area (Å²) in [5.74, 6) is 0.538. The second kappa shape index (κ2) is 4.07. The van der Waals surface area contributed by atoms with Gasteiger partial charge in [-0.05, 0) is 18.9 Å². The molecule has 0 aromatic rings. The highest BCUT2D eigenvalue weighted by atomic mass is 16.3. The van der Waals surface area contributed by atoms with Crippen LogP contribution in [0.4, 0.5) is 0 Å². The van der Waals surface area contributed by atoms with Gasteiger partial charge < -0.3 is 10.8 Å². The van der Waals surface area contributed by atoms with E-state index >= 15 is 0 Å². The zero-order chi connectivity index (χ0) is 9.07. The molecular formula is C9H21NO. The average Bonchev–Trinajstić information content (AvgIpc) is 1.86. The van der Waals surface area contributed by atoms with Crippen LogP contribution in [0.15, 0.2) is 0 Å². The third-order valence-corrected chi connectivity index (χ3v) is 2.12. The molecule has 0 bridgehead atoms. The van der Waals surface area contributed by atoms with Gasteiger partial charge in [-0.15, -0.1) is 0 Å². The summed E-state index contributed by atoms with van der Waals surface area (Å²) < 4.78 is 0. The molecule has 1 atom stereocenters. The summed E-state index contributed by atoms with van der Waals surface area (Å²) in [5.41, 5.74) is 5.39. The van der Waals surface area contributed by atoms with E-state index in [-0.39, 0.29) is 11.5 Å².